The lowest BCUT2D eigenvalue weighted by Gasteiger charge is -1.99. The van der Waals surface area contributed by atoms with Gasteiger partial charge in [0.2, 0.25) is 0 Å². The zero-order valence-corrected chi connectivity index (χ0v) is 9.11. The Balaban J connectivity index is 1.98. The first-order chi connectivity index (χ1) is 7.75. The number of rotatable bonds is 4. The SMILES string of the molecule is O=C(O)c1ccc(SCc2ccco2)nc1. The van der Waals surface area contributed by atoms with Gasteiger partial charge in [-0.1, -0.05) is 11.8 Å². The molecule has 1 N–H and O–H groups in total. The number of hydrogen-bond donors (Lipinski definition) is 1. The molecule has 0 aromatic carbocycles. The van der Waals surface area contributed by atoms with Gasteiger partial charge < -0.3 is 9.52 Å². The van der Waals surface area contributed by atoms with Crippen molar-refractivity contribution in [2.24, 2.45) is 0 Å². The number of aromatic carboxylic acids is 1. The third kappa shape index (κ3) is 2.64. The zero-order valence-electron chi connectivity index (χ0n) is 8.29. The van der Waals surface area contributed by atoms with Crippen LogP contribution in [0.1, 0.15) is 16.1 Å². The number of thioether (sulfide) groups is 1. The maximum atomic E-state index is 10.6. The lowest BCUT2D eigenvalue weighted by atomic mass is 10.3. The van der Waals surface area contributed by atoms with Gasteiger partial charge in [0, 0.05) is 6.20 Å². The van der Waals surface area contributed by atoms with Gasteiger partial charge in [-0.25, -0.2) is 9.78 Å². The van der Waals surface area contributed by atoms with Crippen LogP contribution in [0.5, 0.6) is 0 Å². The maximum absolute atomic E-state index is 10.6. The Morgan fingerprint density at radius 2 is 2.31 bits per heavy atom. The van der Waals surface area contributed by atoms with Gasteiger partial charge in [-0.3, -0.25) is 0 Å². The number of carboxylic acids is 1. The Kier molecular flexibility index (Phi) is 3.26. The van der Waals surface area contributed by atoms with Crippen molar-refractivity contribution in [1.82, 2.24) is 4.98 Å². The lowest BCUT2D eigenvalue weighted by molar-refractivity contribution is 0.0696. The summed E-state index contributed by atoms with van der Waals surface area (Å²) >= 11 is 1.50. The summed E-state index contributed by atoms with van der Waals surface area (Å²) in [5, 5.41) is 9.47. The van der Waals surface area contributed by atoms with E-state index in [9.17, 15) is 4.79 Å². The van der Waals surface area contributed by atoms with Crippen LogP contribution in [0.25, 0.3) is 0 Å². The van der Waals surface area contributed by atoms with E-state index in [0.717, 1.165) is 10.8 Å². The normalized spacial score (nSPS) is 10.2. The molecule has 2 aromatic rings. The molecule has 2 aromatic heterocycles. The van der Waals surface area contributed by atoms with Crippen molar-refractivity contribution in [1.29, 1.82) is 0 Å². The van der Waals surface area contributed by atoms with Crippen molar-refractivity contribution < 1.29 is 14.3 Å². The van der Waals surface area contributed by atoms with Gasteiger partial charge in [0.15, 0.2) is 0 Å². The van der Waals surface area contributed by atoms with Gasteiger partial charge in [0.1, 0.15) is 5.76 Å². The molecule has 82 valence electrons. The van der Waals surface area contributed by atoms with Crippen molar-refractivity contribution in [2.45, 2.75) is 10.8 Å². The van der Waals surface area contributed by atoms with E-state index in [4.69, 9.17) is 9.52 Å². The first kappa shape index (κ1) is 10.8. The molecule has 0 aliphatic heterocycles. The molecule has 0 fully saturated rings. The van der Waals surface area contributed by atoms with Crippen LogP contribution in [0.15, 0.2) is 46.2 Å². The standard InChI is InChI=1S/C11H9NO3S/c13-11(14)8-3-4-10(12-6-8)16-7-9-2-1-5-15-9/h1-6H,7H2,(H,13,14). The molecule has 0 aliphatic carbocycles. The fourth-order valence-electron chi connectivity index (χ4n) is 1.13. The molecular formula is C11H9NO3S. The summed E-state index contributed by atoms with van der Waals surface area (Å²) in [5.41, 5.74) is 0.197. The second kappa shape index (κ2) is 4.85. The van der Waals surface area contributed by atoms with Crippen molar-refractivity contribution in [3.05, 3.63) is 48.0 Å². The fourth-order valence-corrected chi connectivity index (χ4v) is 1.88. The topological polar surface area (TPSA) is 63.3 Å². The summed E-state index contributed by atoms with van der Waals surface area (Å²) in [7, 11) is 0. The highest BCUT2D eigenvalue weighted by molar-refractivity contribution is 7.98. The Bertz CT molecular complexity index is 464. The molecule has 0 aliphatic rings. The molecule has 0 amide bonds. The molecule has 0 unspecified atom stereocenters. The van der Waals surface area contributed by atoms with Crippen molar-refractivity contribution in [3.8, 4) is 0 Å². The number of carboxylic acid groups (broad SMARTS) is 1. The van der Waals surface area contributed by atoms with E-state index in [2.05, 4.69) is 4.98 Å². The molecule has 2 heterocycles. The van der Waals surface area contributed by atoms with Gasteiger partial charge in [-0.15, -0.1) is 0 Å². The van der Waals surface area contributed by atoms with E-state index >= 15 is 0 Å². The molecule has 0 bridgehead atoms. The minimum atomic E-state index is -0.963. The Morgan fingerprint density at radius 3 is 2.88 bits per heavy atom. The number of hydrogen-bond acceptors (Lipinski definition) is 4. The highest BCUT2D eigenvalue weighted by atomic mass is 32.2. The lowest BCUT2D eigenvalue weighted by Crippen LogP contribution is -1.96. The van der Waals surface area contributed by atoms with Gasteiger partial charge in [-0.05, 0) is 24.3 Å². The van der Waals surface area contributed by atoms with E-state index in [-0.39, 0.29) is 5.56 Å². The average Bonchev–Trinajstić information content (AvgIpc) is 2.80. The highest BCUT2D eigenvalue weighted by Crippen LogP contribution is 2.20. The van der Waals surface area contributed by atoms with Crippen LogP contribution in [0, 0.1) is 0 Å². The molecule has 0 saturated carbocycles. The van der Waals surface area contributed by atoms with Crippen LogP contribution in [0.2, 0.25) is 0 Å². The molecule has 0 atom stereocenters. The van der Waals surface area contributed by atoms with E-state index in [1.807, 2.05) is 12.1 Å². The number of pyridine rings is 1. The Morgan fingerprint density at radius 1 is 1.44 bits per heavy atom. The molecule has 0 spiro atoms. The van der Waals surface area contributed by atoms with Crippen LogP contribution >= 0.6 is 11.8 Å². The Hall–Kier alpha value is -1.75. The largest absolute Gasteiger partial charge is 0.478 e. The average molecular weight is 235 g/mol. The molecule has 0 radical (unpaired) electrons. The summed E-state index contributed by atoms with van der Waals surface area (Å²) in [6.07, 6.45) is 2.98. The van der Waals surface area contributed by atoms with Crippen LogP contribution in [0.3, 0.4) is 0 Å². The minimum Gasteiger partial charge on any atom is -0.478 e. The van der Waals surface area contributed by atoms with Gasteiger partial charge in [0.25, 0.3) is 0 Å². The predicted octanol–water partition coefficient (Wildman–Crippen LogP) is 2.67. The highest BCUT2D eigenvalue weighted by Gasteiger charge is 2.04. The van der Waals surface area contributed by atoms with Gasteiger partial charge >= 0.3 is 5.97 Å². The molecule has 2 rings (SSSR count). The summed E-state index contributed by atoms with van der Waals surface area (Å²) in [6, 6.07) is 6.95. The quantitative estimate of drug-likeness (QED) is 0.825. The van der Waals surface area contributed by atoms with Gasteiger partial charge in [-0.2, -0.15) is 0 Å². The van der Waals surface area contributed by atoms with Gasteiger partial charge in [0.05, 0.1) is 22.6 Å². The first-order valence-electron chi connectivity index (χ1n) is 4.60. The van der Waals surface area contributed by atoms with E-state index in [1.54, 1.807) is 18.4 Å². The predicted molar refractivity (Wildman–Crippen MR) is 59.5 cm³/mol. The summed E-state index contributed by atoms with van der Waals surface area (Å²) in [4.78, 5) is 14.6. The maximum Gasteiger partial charge on any atom is 0.337 e. The minimum absolute atomic E-state index is 0.197. The summed E-state index contributed by atoms with van der Waals surface area (Å²) < 4.78 is 5.17. The van der Waals surface area contributed by atoms with Crippen LogP contribution in [-0.4, -0.2) is 16.1 Å². The first-order valence-corrected chi connectivity index (χ1v) is 5.59. The third-order valence-electron chi connectivity index (χ3n) is 1.93. The molecule has 4 nitrogen and oxygen atoms in total. The van der Waals surface area contributed by atoms with Crippen LogP contribution in [-0.2, 0) is 5.75 Å². The molecule has 0 saturated heterocycles. The molecular weight excluding hydrogens is 226 g/mol. The van der Waals surface area contributed by atoms with E-state index < -0.39 is 5.97 Å². The number of carbonyl (C=O) groups is 1. The van der Waals surface area contributed by atoms with Crippen molar-refractivity contribution in [3.63, 3.8) is 0 Å². The number of nitrogens with zero attached hydrogens (tertiary/aromatic N) is 1. The monoisotopic (exact) mass is 235 g/mol. The van der Waals surface area contributed by atoms with E-state index in [1.165, 1.54) is 18.0 Å². The smallest absolute Gasteiger partial charge is 0.337 e. The number of aromatic nitrogens is 1. The number of furan rings is 1. The van der Waals surface area contributed by atoms with Crippen LogP contribution < -0.4 is 0 Å². The van der Waals surface area contributed by atoms with E-state index in [0.29, 0.717) is 5.75 Å². The van der Waals surface area contributed by atoms with Crippen molar-refractivity contribution in [2.75, 3.05) is 0 Å². The summed E-state index contributed by atoms with van der Waals surface area (Å²) in [5.74, 6) is 0.594. The molecule has 16 heavy (non-hydrogen) atoms. The second-order valence-electron chi connectivity index (χ2n) is 3.06. The molecule has 5 heteroatoms. The second-order valence-corrected chi connectivity index (χ2v) is 4.05. The van der Waals surface area contributed by atoms with Crippen LogP contribution in [0.4, 0.5) is 0 Å². The zero-order chi connectivity index (χ0) is 11.4. The van der Waals surface area contributed by atoms with Crippen molar-refractivity contribution >= 4 is 17.7 Å². The third-order valence-corrected chi connectivity index (χ3v) is 2.89. The Labute approximate surface area is 96.3 Å². The fraction of sp³-hybridized carbons (Fsp3) is 0.0909. The summed E-state index contributed by atoms with van der Waals surface area (Å²) in [6.45, 7) is 0.